The monoisotopic (exact) mass is 394 g/mol. The smallest absolute Gasteiger partial charge is 0.337 e. The molecule has 2 aromatic carbocycles. The Morgan fingerprint density at radius 3 is 2.62 bits per heavy atom. The third-order valence-electron chi connectivity index (χ3n) is 2.91. The highest BCUT2D eigenvalue weighted by molar-refractivity contribution is 9.10. The average Bonchev–Trinajstić information content (AvgIpc) is 2.54. The van der Waals surface area contributed by atoms with Crippen molar-refractivity contribution >= 4 is 39.2 Å². The molecule has 124 valence electrons. The summed E-state index contributed by atoms with van der Waals surface area (Å²) in [5.41, 5.74) is -0.259. The molecule has 0 fully saturated rings. The van der Waals surface area contributed by atoms with E-state index >= 15 is 0 Å². The van der Waals surface area contributed by atoms with Gasteiger partial charge in [0.25, 0.3) is 5.91 Å². The molecule has 0 radical (unpaired) electrons. The Bertz CT molecular complexity index is 808. The summed E-state index contributed by atoms with van der Waals surface area (Å²) >= 11 is 3.15. The number of carbonyl (C=O) groups excluding carboxylic acids is 1. The van der Waals surface area contributed by atoms with E-state index in [-0.39, 0.29) is 22.7 Å². The zero-order chi connectivity index (χ0) is 17.7. The van der Waals surface area contributed by atoms with Gasteiger partial charge in [0, 0.05) is 10.5 Å². The molecule has 0 aliphatic carbocycles. The molecule has 0 saturated carbocycles. The Hall–Kier alpha value is -2.94. The summed E-state index contributed by atoms with van der Waals surface area (Å²) in [6, 6.07) is 9.99. The summed E-state index contributed by atoms with van der Waals surface area (Å²) < 4.78 is 5.70. The van der Waals surface area contributed by atoms with Crippen molar-refractivity contribution in [3.63, 3.8) is 0 Å². The normalized spacial score (nSPS) is 10.0. The molecule has 0 unspecified atom stereocenters. The number of carboxylic acids is 1. The number of hydrogen-bond acceptors (Lipinski definition) is 5. The molecule has 2 aromatic rings. The number of carboxylic acid groups (broad SMARTS) is 1. The van der Waals surface area contributed by atoms with Crippen molar-refractivity contribution in [3.8, 4) is 5.75 Å². The van der Waals surface area contributed by atoms with Gasteiger partial charge in [0.2, 0.25) is 0 Å². The zero-order valence-corrected chi connectivity index (χ0v) is 13.6. The first-order valence-electron chi connectivity index (χ1n) is 6.57. The van der Waals surface area contributed by atoms with Crippen molar-refractivity contribution in [2.75, 3.05) is 11.9 Å². The minimum Gasteiger partial charge on any atom is -0.478 e. The first kappa shape index (κ1) is 17.4. The van der Waals surface area contributed by atoms with Crippen LogP contribution in [-0.4, -0.2) is 28.5 Å². The lowest BCUT2D eigenvalue weighted by molar-refractivity contribution is -0.385. The number of rotatable bonds is 6. The van der Waals surface area contributed by atoms with Crippen LogP contribution in [0.4, 0.5) is 11.4 Å². The summed E-state index contributed by atoms with van der Waals surface area (Å²) in [6.45, 7) is -0.500. The highest BCUT2D eigenvalue weighted by Gasteiger charge is 2.16. The maximum absolute atomic E-state index is 11.9. The van der Waals surface area contributed by atoms with E-state index in [0.717, 1.165) is 0 Å². The van der Waals surface area contributed by atoms with Crippen LogP contribution in [0.5, 0.6) is 5.75 Å². The molecule has 0 aliphatic heterocycles. The number of nitro groups is 1. The summed E-state index contributed by atoms with van der Waals surface area (Å²) in [4.78, 5) is 33.3. The number of halogens is 1. The van der Waals surface area contributed by atoms with Crippen LogP contribution in [-0.2, 0) is 4.79 Å². The fraction of sp³-hybridized carbons (Fsp3) is 0.0667. The van der Waals surface area contributed by atoms with Gasteiger partial charge in [-0.15, -0.1) is 0 Å². The van der Waals surface area contributed by atoms with E-state index in [1.807, 2.05) is 0 Å². The van der Waals surface area contributed by atoms with Crippen LogP contribution >= 0.6 is 15.9 Å². The van der Waals surface area contributed by atoms with Gasteiger partial charge in [0.05, 0.1) is 16.2 Å². The second-order valence-corrected chi connectivity index (χ2v) is 5.47. The first-order valence-corrected chi connectivity index (χ1v) is 7.36. The molecule has 9 heteroatoms. The highest BCUT2D eigenvalue weighted by atomic mass is 79.9. The predicted octanol–water partition coefficient (Wildman–Crippen LogP) is 3.07. The van der Waals surface area contributed by atoms with E-state index in [0.29, 0.717) is 4.47 Å². The van der Waals surface area contributed by atoms with Crippen molar-refractivity contribution in [3.05, 3.63) is 62.6 Å². The Kier molecular flexibility index (Phi) is 5.48. The van der Waals surface area contributed by atoms with Crippen LogP contribution < -0.4 is 10.1 Å². The molecule has 0 heterocycles. The van der Waals surface area contributed by atoms with Crippen molar-refractivity contribution in [2.45, 2.75) is 0 Å². The van der Waals surface area contributed by atoms with Crippen LogP contribution in [0.25, 0.3) is 0 Å². The van der Waals surface area contributed by atoms with Gasteiger partial charge in [-0.05, 0) is 24.3 Å². The fourth-order valence-corrected chi connectivity index (χ4v) is 2.22. The summed E-state index contributed by atoms with van der Waals surface area (Å²) in [6.07, 6.45) is 0. The van der Waals surface area contributed by atoms with E-state index in [1.54, 1.807) is 6.07 Å². The third kappa shape index (κ3) is 4.29. The Morgan fingerprint density at radius 1 is 1.25 bits per heavy atom. The van der Waals surface area contributed by atoms with Gasteiger partial charge in [-0.25, -0.2) is 4.79 Å². The predicted molar refractivity (Wildman–Crippen MR) is 88.3 cm³/mol. The van der Waals surface area contributed by atoms with E-state index in [2.05, 4.69) is 21.2 Å². The van der Waals surface area contributed by atoms with Crippen molar-refractivity contribution < 1.29 is 24.4 Å². The van der Waals surface area contributed by atoms with E-state index in [9.17, 15) is 19.7 Å². The first-order chi connectivity index (χ1) is 11.4. The number of anilines is 1. The van der Waals surface area contributed by atoms with Crippen LogP contribution in [0.2, 0.25) is 0 Å². The Labute approximate surface area is 144 Å². The largest absolute Gasteiger partial charge is 0.478 e. The number of para-hydroxylation sites is 2. The van der Waals surface area contributed by atoms with Gasteiger partial charge in [0.1, 0.15) is 0 Å². The molecule has 1 amide bonds. The molecule has 24 heavy (non-hydrogen) atoms. The maximum Gasteiger partial charge on any atom is 0.337 e. The lowest BCUT2D eigenvalue weighted by atomic mass is 10.2. The van der Waals surface area contributed by atoms with Gasteiger partial charge in [-0.1, -0.05) is 28.1 Å². The molecule has 0 aliphatic rings. The standard InChI is InChI=1S/C15H11BrN2O6/c16-9-5-6-11(10(7-9)15(20)21)17-14(19)8-24-13-4-2-1-3-12(13)18(22)23/h1-7H,8H2,(H,17,19)(H,20,21). The third-order valence-corrected chi connectivity index (χ3v) is 3.40. The molecular weight excluding hydrogens is 384 g/mol. The number of nitro benzene ring substituents is 1. The van der Waals surface area contributed by atoms with Crippen LogP contribution in [0.1, 0.15) is 10.4 Å². The average molecular weight is 395 g/mol. The lowest BCUT2D eigenvalue weighted by Crippen LogP contribution is -2.21. The highest BCUT2D eigenvalue weighted by Crippen LogP contribution is 2.26. The van der Waals surface area contributed by atoms with Crippen LogP contribution in [0.15, 0.2) is 46.9 Å². The number of benzene rings is 2. The second kappa shape index (κ2) is 7.55. The molecule has 0 saturated heterocycles. The van der Waals surface area contributed by atoms with E-state index < -0.39 is 23.4 Å². The number of nitrogens with zero attached hydrogens (tertiary/aromatic N) is 1. The molecule has 0 aromatic heterocycles. The Balaban J connectivity index is 2.08. The lowest BCUT2D eigenvalue weighted by Gasteiger charge is -2.10. The summed E-state index contributed by atoms with van der Waals surface area (Å²) in [5.74, 6) is -1.89. The molecule has 0 bridgehead atoms. The number of hydrogen-bond donors (Lipinski definition) is 2. The topological polar surface area (TPSA) is 119 Å². The van der Waals surface area contributed by atoms with Gasteiger partial charge in [-0.3, -0.25) is 14.9 Å². The van der Waals surface area contributed by atoms with Crippen molar-refractivity contribution in [2.24, 2.45) is 0 Å². The maximum atomic E-state index is 11.9. The molecule has 0 spiro atoms. The number of aromatic carboxylic acids is 1. The van der Waals surface area contributed by atoms with Gasteiger partial charge in [-0.2, -0.15) is 0 Å². The SMILES string of the molecule is O=C(COc1ccccc1[N+](=O)[O-])Nc1ccc(Br)cc1C(=O)O. The molecule has 2 N–H and O–H groups in total. The van der Waals surface area contributed by atoms with Crippen LogP contribution in [0.3, 0.4) is 0 Å². The van der Waals surface area contributed by atoms with Gasteiger partial charge in [0.15, 0.2) is 12.4 Å². The zero-order valence-electron chi connectivity index (χ0n) is 12.1. The number of ether oxygens (including phenoxy) is 1. The van der Waals surface area contributed by atoms with E-state index in [1.165, 1.54) is 36.4 Å². The number of nitrogens with one attached hydrogen (secondary N) is 1. The molecule has 8 nitrogen and oxygen atoms in total. The number of amides is 1. The summed E-state index contributed by atoms with van der Waals surface area (Å²) in [7, 11) is 0. The minimum absolute atomic E-state index is 0.0492. The minimum atomic E-state index is -1.20. The second-order valence-electron chi connectivity index (χ2n) is 4.56. The fourth-order valence-electron chi connectivity index (χ4n) is 1.86. The summed E-state index contributed by atoms with van der Waals surface area (Å²) in [5, 5.41) is 22.4. The van der Waals surface area contributed by atoms with Crippen LogP contribution in [0, 0.1) is 10.1 Å². The Morgan fingerprint density at radius 2 is 1.96 bits per heavy atom. The molecular formula is C15H11BrN2O6. The van der Waals surface area contributed by atoms with Crippen molar-refractivity contribution in [1.29, 1.82) is 0 Å². The van der Waals surface area contributed by atoms with Gasteiger partial charge < -0.3 is 15.2 Å². The quantitative estimate of drug-likeness (QED) is 0.573. The molecule has 2 rings (SSSR count). The van der Waals surface area contributed by atoms with Gasteiger partial charge >= 0.3 is 11.7 Å². The van der Waals surface area contributed by atoms with E-state index in [4.69, 9.17) is 9.84 Å². The number of carbonyl (C=O) groups is 2. The van der Waals surface area contributed by atoms with Crippen molar-refractivity contribution in [1.82, 2.24) is 0 Å². The molecule has 0 atom stereocenters.